The first-order valence-electron chi connectivity index (χ1n) is 12.0. The Hall–Kier alpha value is -3.81. The van der Waals surface area contributed by atoms with Crippen LogP contribution in [0.2, 0.25) is 0 Å². The molecule has 4 rings (SSSR count). The lowest BCUT2D eigenvalue weighted by Gasteiger charge is -2.16. The summed E-state index contributed by atoms with van der Waals surface area (Å²) in [5.74, 6) is -0.365. The van der Waals surface area contributed by atoms with E-state index in [2.05, 4.69) is 30.3 Å². The molecule has 6 N–H and O–H groups in total. The van der Waals surface area contributed by atoms with Gasteiger partial charge in [0, 0.05) is 19.5 Å². The van der Waals surface area contributed by atoms with Gasteiger partial charge in [-0.05, 0) is 30.9 Å². The Labute approximate surface area is 213 Å². The minimum atomic E-state index is -1.42. The Kier molecular flexibility index (Phi) is 8.16. The number of ether oxygens (including phenoxy) is 2. The first-order chi connectivity index (χ1) is 17.8. The van der Waals surface area contributed by atoms with Crippen LogP contribution in [0.4, 0.5) is 11.8 Å². The number of imidazole rings is 1. The number of likely N-dealkylation sites (N-methyl/N-ethyl adjacent to an activating group) is 1. The van der Waals surface area contributed by atoms with Gasteiger partial charge in [0.05, 0.1) is 13.4 Å². The van der Waals surface area contributed by atoms with Crippen molar-refractivity contribution in [2.45, 2.75) is 50.7 Å². The van der Waals surface area contributed by atoms with E-state index in [0.29, 0.717) is 37.9 Å². The molecule has 37 heavy (non-hydrogen) atoms. The van der Waals surface area contributed by atoms with Crippen LogP contribution in [0.1, 0.15) is 30.7 Å². The average Bonchev–Trinajstić information content (AvgIpc) is 3.44. The topological polar surface area (TPSA) is 187 Å². The van der Waals surface area contributed by atoms with E-state index < -0.39 is 30.4 Å². The van der Waals surface area contributed by atoms with Gasteiger partial charge < -0.3 is 36.1 Å². The molecule has 13 heteroatoms. The lowest BCUT2D eigenvalue weighted by molar-refractivity contribution is -0.140. The summed E-state index contributed by atoms with van der Waals surface area (Å²) in [5, 5.41) is 26.6. The summed E-state index contributed by atoms with van der Waals surface area (Å²) in [6.45, 7) is 2.62. The third-order valence-electron chi connectivity index (χ3n) is 6.14. The minimum Gasteiger partial charge on any atom is -0.469 e. The second-order valence-corrected chi connectivity index (χ2v) is 8.65. The Balaban J connectivity index is 1.42. The molecule has 4 unspecified atom stereocenters. The van der Waals surface area contributed by atoms with Gasteiger partial charge in [-0.3, -0.25) is 14.2 Å². The highest BCUT2D eigenvalue weighted by Crippen LogP contribution is 2.32. The van der Waals surface area contributed by atoms with E-state index in [1.165, 1.54) is 18.0 Å². The van der Waals surface area contributed by atoms with Crippen LogP contribution in [0.15, 0.2) is 30.6 Å². The summed E-state index contributed by atoms with van der Waals surface area (Å²) in [6, 6.07) is 7.95. The second kappa shape index (κ2) is 11.5. The number of aliphatic hydroxyl groups excluding tert-OH is 2. The SMILES string of the molecule is CCNC(=O)C1OC(n2cnc3c(N)nc(NCCc4ccc(CCC(=O)OC)cc4)nc32)C(O)C1O. The van der Waals surface area contributed by atoms with Crippen molar-refractivity contribution in [2.24, 2.45) is 0 Å². The van der Waals surface area contributed by atoms with Crippen molar-refractivity contribution >= 4 is 34.8 Å². The maximum absolute atomic E-state index is 12.2. The van der Waals surface area contributed by atoms with E-state index in [0.717, 1.165) is 11.1 Å². The van der Waals surface area contributed by atoms with E-state index in [-0.39, 0.29) is 23.4 Å². The third kappa shape index (κ3) is 5.79. The Morgan fingerprint density at radius 2 is 1.84 bits per heavy atom. The van der Waals surface area contributed by atoms with Crippen molar-refractivity contribution in [3.05, 3.63) is 41.7 Å². The summed E-state index contributed by atoms with van der Waals surface area (Å²) < 4.78 is 11.8. The molecule has 198 valence electrons. The second-order valence-electron chi connectivity index (χ2n) is 8.65. The predicted molar refractivity (Wildman–Crippen MR) is 133 cm³/mol. The fraction of sp³-hybridized carbons (Fsp3) is 0.458. The molecule has 1 aromatic carbocycles. The number of aromatic nitrogens is 4. The first kappa shape index (κ1) is 26.3. The number of benzene rings is 1. The van der Waals surface area contributed by atoms with Crippen LogP contribution in [0, 0.1) is 0 Å². The quantitative estimate of drug-likeness (QED) is 0.228. The van der Waals surface area contributed by atoms with E-state index >= 15 is 0 Å². The zero-order chi connectivity index (χ0) is 26.5. The number of nitrogens with zero attached hydrogens (tertiary/aromatic N) is 4. The van der Waals surface area contributed by atoms with Gasteiger partial charge in [0.15, 0.2) is 23.8 Å². The summed E-state index contributed by atoms with van der Waals surface area (Å²) in [6.07, 6.45) is -2.11. The molecular weight excluding hydrogens is 482 g/mol. The van der Waals surface area contributed by atoms with Crippen molar-refractivity contribution in [1.82, 2.24) is 24.8 Å². The maximum atomic E-state index is 12.2. The molecule has 0 aliphatic carbocycles. The third-order valence-corrected chi connectivity index (χ3v) is 6.14. The standard InChI is InChI=1S/C24H31N7O6/c1-3-26-22(35)19-17(33)18(34)23(37-19)31-12-28-16-20(25)29-24(30-21(16)31)27-11-10-14-6-4-13(5-7-14)8-9-15(32)36-2/h4-7,12,17-19,23,33-34H,3,8-11H2,1-2H3,(H,26,35)(H3,25,27,29,30). The molecule has 0 spiro atoms. The molecule has 4 atom stereocenters. The molecule has 0 saturated carbocycles. The number of esters is 1. The predicted octanol–water partition coefficient (Wildman–Crippen LogP) is -0.0760. The van der Waals surface area contributed by atoms with Gasteiger partial charge in [0.25, 0.3) is 5.91 Å². The molecule has 1 aliphatic rings. The molecular formula is C24H31N7O6. The van der Waals surface area contributed by atoms with Gasteiger partial charge >= 0.3 is 5.97 Å². The van der Waals surface area contributed by atoms with Gasteiger partial charge in [0.1, 0.15) is 17.7 Å². The number of hydrogen-bond acceptors (Lipinski definition) is 11. The van der Waals surface area contributed by atoms with Gasteiger partial charge in [0.2, 0.25) is 5.95 Å². The lowest BCUT2D eigenvalue weighted by atomic mass is 10.1. The number of nitrogens with two attached hydrogens (primary N) is 1. The number of nitrogens with one attached hydrogen (secondary N) is 2. The lowest BCUT2D eigenvalue weighted by Crippen LogP contribution is -2.42. The first-order valence-corrected chi connectivity index (χ1v) is 12.0. The van der Waals surface area contributed by atoms with E-state index in [1.54, 1.807) is 6.92 Å². The number of hydrogen-bond donors (Lipinski definition) is 5. The van der Waals surface area contributed by atoms with Crippen molar-refractivity contribution in [1.29, 1.82) is 0 Å². The molecule has 2 aromatic heterocycles. The summed E-state index contributed by atoms with van der Waals surface area (Å²) >= 11 is 0. The highest BCUT2D eigenvalue weighted by molar-refractivity contribution is 5.83. The van der Waals surface area contributed by atoms with Crippen LogP contribution >= 0.6 is 0 Å². The van der Waals surface area contributed by atoms with Crippen LogP contribution < -0.4 is 16.4 Å². The number of amides is 1. The van der Waals surface area contributed by atoms with Crippen molar-refractivity contribution in [3.63, 3.8) is 0 Å². The Morgan fingerprint density at radius 3 is 2.51 bits per heavy atom. The summed E-state index contributed by atoms with van der Waals surface area (Å²) in [5.41, 5.74) is 8.82. The number of aryl methyl sites for hydroxylation is 1. The van der Waals surface area contributed by atoms with Crippen LogP contribution in [-0.2, 0) is 31.9 Å². The molecule has 3 aromatic rings. The minimum absolute atomic E-state index is 0.134. The molecule has 0 bridgehead atoms. The molecule has 1 amide bonds. The largest absolute Gasteiger partial charge is 0.469 e. The number of rotatable bonds is 10. The summed E-state index contributed by atoms with van der Waals surface area (Å²) in [4.78, 5) is 36.5. The van der Waals surface area contributed by atoms with Crippen LogP contribution in [0.5, 0.6) is 0 Å². The number of fused-ring (bicyclic) bond motifs is 1. The molecule has 0 radical (unpaired) electrons. The van der Waals surface area contributed by atoms with Gasteiger partial charge in [-0.2, -0.15) is 9.97 Å². The molecule has 13 nitrogen and oxygen atoms in total. The number of aliphatic hydroxyl groups is 2. The van der Waals surface area contributed by atoms with Crippen molar-refractivity contribution < 1.29 is 29.3 Å². The van der Waals surface area contributed by atoms with Gasteiger partial charge in [-0.15, -0.1) is 0 Å². The smallest absolute Gasteiger partial charge is 0.305 e. The maximum Gasteiger partial charge on any atom is 0.305 e. The fourth-order valence-electron chi connectivity index (χ4n) is 4.12. The molecule has 1 saturated heterocycles. The van der Waals surface area contributed by atoms with Crippen LogP contribution in [0.3, 0.4) is 0 Å². The number of carbonyl (C=O) groups is 2. The van der Waals surface area contributed by atoms with Gasteiger partial charge in [-0.1, -0.05) is 24.3 Å². The zero-order valence-corrected chi connectivity index (χ0v) is 20.6. The highest BCUT2D eigenvalue weighted by Gasteiger charge is 2.47. The van der Waals surface area contributed by atoms with Crippen molar-refractivity contribution in [3.8, 4) is 0 Å². The fourth-order valence-corrected chi connectivity index (χ4v) is 4.12. The molecule has 3 heterocycles. The van der Waals surface area contributed by atoms with E-state index in [4.69, 9.17) is 10.5 Å². The molecule has 1 fully saturated rings. The Morgan fingerprint density at radius 1 is 1.14 bits per heavy atom. The van der Waals surface area contributed by atoms with Crippen LogP contribution in [-0.4, -0.2) is 80.1 Å². The molecule has 1 aliphatic heterocycles. The normalized spacial score (nSPS) is 21.2. The average molecular weight is 514 g/mol. The highest BCUT2D eigenvalue weighted by atomic mass is 16.6. The number of carbonyl (C=O) groups excluding carboxylic acids is 2. The zero-order valence-electron chi connectivity index (χ0n) is 20.6. The van der Waals surface area contributed by atoms with E-state index in [9.17, 15) is 19.8 Å². The van der Waals surface area contributed by atoms with Gasteiger partial charge in [-0.25, -0.2) is 4.98 Å². The van der Waals surface area contributed by atoms with E-state index in [1.807, 2.05) is 24.3 Å². The van der Waals surface area contributed by atoms with Crippen molar-refractivity contribution in [2.75, 3.05) is 31.2 Å². The summed E-state index contributed by atoms with van der Waals surface area (Å²) in [7, 11) is 1.38. The monoisotopic (exact) mass is 513 g/mol. The number of nitrogen functional groups attached to an aromatic ring is 1. The Bertz CT molecular complexity index is 1250. The number of anilines is 2. The van der Waals surface area contributed by atoms with Crippen LogP contribution in [0.25, 0.3) is 11.2 Å². The number of methoxy groups -OCH3 is 1.